The van der Waals surface area contributed by atoms with Crippen LogP contribution in [0.1, 0.15) is 30.5 Å². The van der Waals surface area contributed by atoms with E-state index in [2.05, 4.69) is 10.2 Å². The molecule has 0 radical (unpaired) electrons. The number of sulfonamides is 1. The molecule has 1 fully saturated rings. The van der Waals surface area contributed by atoms with Gasteiger partial charge >= 0.3 is 0 Å². The maximum absolute atomic E-state index is 12.9. The van der Waals surface area contributed by atoms with Crippen LogP contribution in [0.4, 0.5) is 0 Å². The molecule has 0 amide bonds. The van der Waals surface area contributed by atoms with E-state index in [1.165, 1.54) is 16.4 Å². The summed E-state index contributed by atoms with van der Waals surface area (Å²) in [7, 11) is -3.60. The van der Waals surface area contributed by atoms with Gasteiger partial charge in [0.1, 0.15) is 5.75 Å². The molecule has 1 atom stereocenters. The number of hydrogen-bond donors (Lipinski definition) is 0. The first-order valence-corrected chi connectivity index (χ1v) is 11.1. The van der Waals surface area contributed by atoms with E-state index in [4.69, 9.17) is 20.8 Å². The Labute approximate surface area is 174 Å². The SMILES string of the molecule is O=S(=O)(c1ccc(Cl)cc1)N1CCCC(c2nnc(COc3ccccc3)o2)C1. The van der Waals surface area contributed by atoms with Crippen molar-refractivity contribution in [1.82, 2.24) is 14.5 Å². The van der Waals surface area contributed by atoms with Crippen molar-refractivity contribution in [2.75, 3.05) is 13.1 Å². The minimum Gasteiger partial charge on any atom is -0.484 e. The number of aromatic nitrogens is 2. The third-order valence-corrected chi connectivity index (χ3v) is 6.90. The standard InChI is InChI=1S/C20H20ClN3O4S/c21-16-8-10-18(11-9-16)29(25,26)24-12-4-5-15(13-24)20-23-22-19(28-20)14-27-17-6-2-1-3-7-17/h1-3,6-11,15H,4-5,12-14H2. The third kappa shape index (κ3) is 4.60. The highest BCUT2D eigenvalue weighted by atomic mass is 35.5. The monoisotopic (exact) mass is 433 g/mol. The quantitative estimate of drug-likeness (QED) is 0.586. The summed E-state index contributed by atoms with van der Waals surface area (Å²) in [6.07, 6.45) is 1.50. The fourth-order valence-electron chi connectivity index (χ4n) is 3.27. The lowest BCUT2D eigenvalue weighted by Gasteiger charge is -2.30. The Morgan fingerprint density at radius 3 is 2.62 bits per heavy atom. The van der Waals surface area contributed by atoms with Gasteiger partial charge in [0.05, 0.1) is 10.8 Å². The van der Waals surface area contributed by atoms with Gasteiger partial charge in [0.15, 0.2) is 6.61 Å². The number of halogens is 1. The molecule has 2 aromatic carbocycles. The van der Waals surface area contributed by atoms with Gasteiger partial charge in [-0.3, -0.25) is 0 Å². The van der Waals surface area contributed by atoms with E-state index in [0.717, 1.165) is 12.8 Å². The highest BCUT2D eigenvalue weighted by molar-refractivity contribution is 7.89. The zero-order valence-corrected chi connectivity index (χ0v) is 17.1. The van der Waals surface area contributed by atoms with Gasteiger partial charge in [-0.25, -0.2) is 8.42 Å². The number of piperidine rings is 1. The van der Waals surface area contributed by atoms with Crippen molar-refractivity contribution in [1.29, 1.82) is 0 Å². The largest absolute Gasteiger partial charge is 0.484 e. The van der Waals surface area contributed by atoms with Crippen LogP contribution in [0.5, 0.6) is 5.75 Å². The number of nitrogens with zero attached hydrogens (tertiary/aromatic N) is 3. The van der Waals surface area contributed by atoms with Gasteiger partial charge in [-0.15, -0.1) is 10.2 Å². The van der Waals surface area contributed by atoms with E-state index in [9.17, 15) is 8.42 Å². The molecule has 0 N–H and O–H groups in total. The first-order valence-electron chi connectivity index (χ1n) is 9.28. The Kier molecular flexibility index (Phi) is 5.84. The lowest BCUT2D eigenvalue weighted by atomic mass is 10.00. The van der Waals surface area contributed by atoms with Crippen LogP contribution in [0.15, 0.2) is 63.9 Å². The van der Waals surface area contributed by atoms with E-state index in [-0.39, 0.29) is 17.4 Å². The number of hydrogen-bond acceptors (Lipinski definition) is 6. The highest BCUT2D eigenvalue weighted by Crippen LogP contribution is 2.30. The summed E-state index contributed by atoms with van der Waals surface area (Å²) in [5.41, 5.74) is 0. The van der Waals surface area contributed by atoms with Gasteiger partial charge in [-0.05, 0) is 49.2 Å². The fraction of sp³-hybridized carbons (Fsp3) is 0.300. The maximum atomic E-state index is 12.9. The first kappa shape index (κ1) is 19.9. The summed E-state index contributed by atoms with van der Waals surface area (Å²) in [6.45, 7) is 0.919. The summed E-state index contributed by atoms with van der Waals surface area (Å²) in [6, 6.07) is 15.6. The van der Waals surface area contributed by atoms with Gasteiger partial charge < -0.3 is 9.15 Å². The lowest BCUT2D eigenvalue weighted by molar-refractivity contribution is 0.243. The average molecular weight is 434 g/mol. The van der Waals surface area contributed by atoms with E-state index in [0.29, 0.717) is 35.6 Å². The predicted octanol–water partition coefficient (Wildman–Crippen LogP) is 3.87. The van der Waals surface area contributed by atoms with E-state index in [1.807, 2.05) is 30.3 Å². The Bertz CT molecular complexity index is 1050. The van der Waals surface area contributed by atoms with Crippen LogP contribution < -0.4 is 4.74 Å². The van der Waals surface area contributed by atoms with Gasteiger partial charge in [0, 0.05) is 18.1 Å². The molecule has 4 rings (SSSR count). The molecule has 2 heterocycles. The molecule has 1 aromatic heterocycles. The lowest BCUT2D eigenvalue weighted by Crippen LogP contribution is -2.39. The van der Waals surface area contributed by atoms with Crippen molar-refractivity contribution in [3.05, 3.63) is 71.4 Å². The van der Waals surface area contributed by atoms with Crippen LogP contribution in [0, 0.1) is 0 Å². The highest BCUT2D eigenvalue weighted by Gasteiger charge is 2.33. The molecule has 0 spiro atoms. The minimum absolute atomic E-state index is 0.149. The number of rotatable bonds is 6. The van der Waals surface area contributed by atoms with Crippen LogP contribution >= 0.6 is 11.6 Å². The van der Waals surface area contributed by atoms with Crippen molar-refractivity contribution in [3.8, 4) is 5.75 Å². The van der Waals surface area contributed by atoms with Crippen molar-refractivity contribution in [2.24, 2.45) is 0 Å². The Morgan fingerprint density at radius 2 is 1.86 bits per heavy atom. The second kappa shape index (κ2) is 8.52. The second-order valence-electron chi connectivity index (χ2n) is 6.79. The molecule has 3 aromatic rings. The Hall–Kier alpha value is -2.42. The molecule has 1 saturated heterocycles. The normalized spacial score (nSPS) is 17.9. The fourth-order valence-corrected chi connectivity index (χ4v) is 4.92. The van der Waals surface area contributed by atoms with Crippen molar-refractivity contribution in [2.45, 2.75) is 30.3 Å². The number of para-hydroxylation sites is 1. The zero-order chi connectivity index (χ0) is 20.3. The van der Waals surface area contributed by atoms with Crippen molar-refractivity contribution in [3.63, 3.8) is 0 Å². The van der Waals surface area contributed by atoms with E-state index in [1.54, 1.807) is 12.1 Å². The second-order valence-corrected chi connectivity index (χ2v) is 9.17. The minimum atomic E-state index is -3.60. The maximum Gasteiger partial charge on any atom is 0.253 e. The van der Waals surface area contributed by atoms with Gasteiger partial charge in [0.25, 0.3) is 5.89 Å². The molecule has 0 bridgehead atoms. The van der Waals surface area contributed by atoms with Crippen LogP contribution in [-0.2, 0) is 16.6 Å². The van der Waals surface area contributed by atoms with Gasteiger partial charge in [0.2, 0.25) is 15.9 Å². The molecule has 1 aliphatic heterocycles. The number of benzene rings is 2. The molecule has 1 unspecified atom stereocenters. The van der Waals surface area contributed by atoms with Crippen LogP contribution in [0.2, 0.25) is 5.02 Å². The molecular weight excluding hydrogens is 414 g/mol. The summed E-state index contributed by atoms with van der Waals surface area (Å²) in [5, 5.41) is 8.65. The molecule has 29 heavy (non-hydrogen) atoms. The van der Waals surface area contributed by atoms with Gasteiger partial charge in [-0.1, -0.05) is 29.8 Å². The zero-order valence-electron chi connectivity index (χ0n) is 15.6. The third-order valence-electron chi connectivity index (χ3n) is 4.77. The van der Waals surface area contributed by atoms with Crippen molar-refractivity contribution >= 4 is 21.6 Å². The van der Waals surface area contributed by atoms with Gasteiger partial charge in [-0.2, -0.15) is 4.31 Å². The van der Waals surface area contributed by atoms with Crippen LogP contribution in [-0.4, -0.2) is 36.0 Å². The summed E-state index contributed by atoms with van der Waals surface area (Å²) in [4.78, 5) is 0.227. The number of ether oxygens (including phenoxy) is 1. The molecule has 0 aliphatic carbocycles. The Morgan fingerprint density at radius 1 is 1.10 bits per heavy atom. The average Bonchev–Trinajstić information content (AvgIpc) is 3.23. The predicted molar refractivity (Wildman–Crippen MR) is 107 cm³/mol. The van der Waals surface area contributed by atoms with E-state index >= 15 is 0 Å². The van der Waals surface area contributed by atoms with E-state index < -0.39 is 10.0 Å². The molecule has 152 valence electrons. The summed E-state index contributed by atoms with van der Waals surface area (Å²) >= 11 is 5.87. The van der Waals surface area contributed by atoms with Crippen molar-refractivity contribution < 1.29 is 17.6 Å². The first-order chi connectivity index (χ1) is 14.0. The topological polar surface area (TPSA) is 85.5 Å². The smallest absolute Gasteiger partial charge is 0.253 e. The van der Waals surface area contributed by atoms with Crippen LogP contribution in [0.3, 0.4) is 0 Å². The molecule has 0 saturated carbocycles. The molecule has 7 nitrogen and oxygen atoms in total. The molecule has 9 heteroatoms. The molecule has 1 aliphatic rings. The summed E-state index contributed by atoms with van der Waals surface area (Å²) < 4.78 is 38.7. The molecular formula is C20H20ClN3O4S. The van der Waals surface area contributed by atoms with Crippen LogP contribution in [0.25, 0.3) is 0 Å². The Balaban J connectivity index is 1.43. The summed E-state index contributed by atoms with van der Waals surface area (Å²) in [5.74, 6) is 1.36.